The van der Waals surface area contributed by atoms with Crippen LogP contribution in [-0.4, -0.2) is 161 Å². The van der Waals surface area contributed by atoms with E-state index in [1.807, 2.05) is 27.7 Å². The number of amides is 8. The number of Topliss-reactive ketones (excluding diaryl/α,β-unsaturated/α-hetero) is 5. The van der Waals surface area contributed by atoms with Crippen LogP contribution in [0.2, 0.25) is 0 Å². The van der Waals surface area contributed by atoms with Crippen molar-refractivity contribution in [1.82, 2.24) is 26.6 Å². The molecule has 10 atom stereocenters. The summed E-state index contributed by atoms with van der Waals surface area (Å²) in [6.45, 7) is 8.51. The first-order valence-corrected chi connectivity index (χ1v) is 33.1. The molecule has 0 bridgehead atoms. The number of unbranched alkanes of at least 4 members (excludes halogenated alkanes) is 2. The Balaban J connectivity index is 3.87. The summed E-state index contributed by atoms with van der Waals surface area (Å²) in [4.78, 5) is 186. The van der Waals surface area contributed by atoms with Crippen molar-refractivity contribution >= 4 is 88.1 Å². The van der Waals surface area contributed by atoms with Gasteiger partial charge in [0.05, 0.1) is 42.7 Å². The van der Waals surface area contributed by atoms with Crippen LogP contribution in [0.4, 0.5) is 0 Å². The van der Waals surface area contributed by atoms with Crippen molar-refractivity contribution in [3.63, 3.8) is 0 Å². The van der Waals surface area contributed by atoms with Crippen LogP contribution in [0.5, 0.6) is 5.75 Å². The van der Waals surface area contributed by atoms with Gasteiger partial charge < -0.3 is 88.4 Å². The van der Waals surface area contributed by atoms with E-state index in [4.69, 9.17) is 51.6 Å². The van der Waals surface area contributed by atoms with Crippen LogP contribution in [0.15, 0.2) is 34.3 Å². The number of primary amides is 3. The zero-order chi connectivity index (χ0) is 72.6. The molecule has 96 heavy (non-hydrogen) atoms. The minimum Gasteiger partial charge on any atom is -0.508 e. The van der Waals surface area contributed by atoms with Crippen LogP contribution in [0.3, 0.4) is 0 Å². The van der Waals surface area contributed by atoms with Gasteiger partial charge in [-0.15, -0.1) is 0 Å². The third-order valence-corrected chi connectivity index (χ3v) is 16.1. The molecule has 0 heterocycles. The molecular formula is C65H110N16O15. The number of rotatable bonds is 54. The molecule has 1 aromatic carbocycles. The number of carbonyl (C=O) groups excluding carboxylic acids is 13. The number of ketones is 5. The van der Waals surface area contributed by atoms with Crippen LogP contribution in [0, 0.1) is 41.4 Å². The lowest BCUT2D eigenvalue weighted by atomic mass is 9.86. The predicted molar refractivity (Wildman–Crippen MR) is 360 cm³/mol. The number of carbonyl (C=O) groups is 13. The van der Waals surface area contributed by atoms with E-state index in [1.165, 1.54) is 31.2 Å². The van der Waals surface area contributed by atoms with Crippen molar-refractivity contribution in [2.45, 2.75) is 206 Å². The van der Waals surface area contributed by atoms with Gasteiger partial charge in [0, 0.05) is 88.6 Å². The Labute approximate surface area is 562 Å². The van der Waals surface area contributed by atoms with Crippen LogP contribution >= 0.6 is 0 Å². The van der Waals surface area contributed by atoms with Crippen LogP contribution in [-0.2, 0) is 68.7 Å². The second-order valence-electron chi connectivity index (χ2n) is 25.5. The number of phenolic OH excluding ortho intramolecular Hbond substituents is 1. The Morgan fingerprint density at radius 2 is 0.792 bits per heavy atom. The monoisotopic (exact) mass is 1350 g/mol. The molecule has 0 fully saturated rings. The molecule has 0 radical (unpaired) electrons. The molecule has 0 aliphatic carbocycles. The van der Waals surface area contributed by atoms with E-state index < -0.39 is 175 Å². The normalized spacial score (nSPS) is 14.4. The minimum atomic E-state index is -1.53. The molecule has 1 aromatic rings. The van der Waals surface area contributed by atoms with Crippen LogP contribution < -0.4 is 78.2 Å². The molecule has 540 valence electrons. The maximum absolute atomic E-state index is 14.9. The Morgan fingerprint density at radius 1 is 0.427 bits per heavy atom. The maximum Gasteiger partial charge on any atom is 0.224 e. The molecule has 31 heteroatoms. The first-order chi connectivity index (χ1) is 45.2. The second kappa shape index (κ2) is 46.6. The number of aromatic hydroxyl groups is 1. The number of nitrogens with two attached hydrogens (primary N) is 9. The van der Waals surface area contributed by atoms with E-state index in [0.717, 1.165) is 0 Å². The Kier molecular flexibility index (Phi) is 41.6. The fraction of sp³-hybridized carbons (Fsp3) is 0.677. The summed E-state index contributed by atoms with van der Waals surface area (Å²) in [6.07, 6.45) is -1.49. The van der Waals surface area contributed by atoms with Gasteiger partial charge in [0.15, 0.2) is 40.8 Å². The number of hydrogen-bond donors (Lipinski definition) is 16. The Morgan fingerprint density at radius 3 is 1.22 bits per heavy atom. The lowest BCUT2D eigenvalue weighted by Gasteiger charge is -2.28. The smallest absolute Gasteiger partial charge is 0.224 e. The SMILES string of the molecule is CC(=O)N[C@@H](CCCN=C(N)N)C(=O)C[C@@H](CCC(N)=O)C(=O)N[C@@H](CCC(N)=O)C(=O)C[C@@H](Cc1ccc(O)cc1)C(=O)N[C@@H](CCCN=C(N)N)C(=O)C[C@@H](CCCCN)C(=O)N[C@@H](CC(C)C)C(=O)C[C@@H](CC(C)C)C(=O)N[C@@H](CCCCN)C(=O)C[C@@H](CO)C(N)=O. The minimum absolute atomic E-state index is 0.00202. The van der Waals surface area contributed by atoms with Crippen LogP contribution in [0.1, 0.15) is 175 Å². The number of nitrogens with one attached hydrogen (secondary N) is 5. The van der Waals surface area contributed by atoms with Gasteiger partial charge in [-0.25, -0.2) is 0 Å². The summed E-state index contributed by atoms with van der Waals surface area (Å²) >= 11 is 0. The Bertz CT molecular complexity index is 2770. The standard InChI is InChI=1S/C65H110N16O15/c1-37(2)28-43(62(95)78-48(13-7-9-25-67)55(88)35-45(36-82)59(70)92)33-56(89)51(29-38(3)4)81-60(93)41(12-6-8-24-66)31-53(86)49(15-11-27-76-65(73)74)79-63(96)44(30-40-16-19-46(84)20-17-40)34-54(87)50(21-23-58(69)91)80-61(94)42(18-22-57(68)90)32-52(85)47(77-39(5)83)14-10-26-75-64(71)72/h16-17,19-20,37-38,41-45,47-51,82,84H,6-15,18,21-36,66-67H2,1-5H3,(H2,68,90)(H2,69,91)(H2,70,92)(H,77,83)(H,78,95)(H,79,96)(H,80,94)(H,81,93)(H4,71,72,75)(H4,73,74,76)/t41-,42-,43-,44-,45+,47+,48+,49+,50+,51+/m1/s1. The van der Waals surface area contributed by atoms with E-state index >= 15 is 0 Å². The first kappa shape index (κ1) is 85.6. The quantitative estimate of drug-likeness (QED) is 0.0205. The van der Waals surface area contributed by atoms with Gasteiger partial charge in [0.25, 0.3) is 0 Å². The average Bonchev–Trinajstić information content (AvgIpc) is 0.915. The van der Waals surface area contributed by atoms with E-state index in [-0.39, 0.29) is 133 Å². The van der Waals surface area contributed by atoms with Crippen molar-refractivity contribution < 1.29 is 72.5 Å². The highest BCUT2D eigenvalue weighted by molar-refractivity contribution is 5.99. The molecule has 0 aromatic heterocycles. The highest BCUT2D eigenvalue weighted by Gasteiger charge is 2.37. The second-order valence-corrected chi connectivity index (χ2v) is 25.5. The number of guanidine groups is 2. The molecule has 0 unspecified atom stereocenters. The van der Waals surface area contributed by atoms with Crippen molar-refractivity contribution in [3.05, 3.63) is 29.8 Å². The number of aliphatic hydroxyl groups is 1. The molecule has 0 aliphatic rings. The fourth-order valence-electron chi connectivity index (χ4n) is 10.9. The topological polar surface area (TPSA) is 581 Å². The van der Waals surface area contributed by atoms with Gasteiger partial charge >= 0.3 is 0 Å². The van der Waals surface area contributed by atoms with Crippen molar-refractivity contribution in [1.29, 1.82) is 0 Å². The largest absolute Gasteiger partial charge is 0.508 e. The number of benzene rings is 1. The summed E-state index contributed by atoms with van der Waals surface area (Å²) in [7, 11) is 0. The fourth-order valence-corrected chi connectivity index (χ4v) is 10.9. The molecule has 8 amide bonds. The van der Waals surface area contributed by atoms with Gasteiger partial charge in [-0.05, 0) is 133 Å². The van der Waals surface area contributed by atoms with Gasteiger partial charge in [0.2, 0.25) is 47.3 Å². The first-order valence-electron chi connectivity index (χ1n) is 33.1. The summed E-state index contributed by atoms with van der Waals surface area (Å²) in [5.74, 6) is -16.1. The number of phenols is 1. The molecule has 31 nitrogen and oxygen atoms in total. The third kappa shape index (κ3) is 36.4. The third-order valence-electron chi connectivity index (χ3n) is 16.1. The van der Waals surface area contributed by atoms with Crippen molar-refractivity contribution in [2.24, 2.45) is 103 Å². The molecular weight excluding hydrogens is 1240 g/mol. The van der Waals surface area contributed by atoms with Crippen molar-refractivity contribution in [2.75, 3.05) is 32.8 Å². The summed E-state index contributed by atoms with van der Waals surface area (Å²) in [6, 6.07) is -0.582. The van der Waals surface area contributed by atoms with Crippen molar-refractivity contribution in [3.8, 4) is 5.75 Å². The van der Waals surface area contributed by atoms with Gasteiger partial charge in [-0.1, -0.05) is 46.2 Å². The average molecular weight is 1360 g/mol. The van der Waals surface area contributed by atoms with E-state index in [2.05, 4.69) is 36.6 Å². The molecule has 0 spiro atoms. The zero-order valence-corrected chi connectivity index (χ0v) is 56.6. The summed E-state index contributed by atoms with van der Waals surface area (Å²) < 4.78 is 0. The number of aliphatic hydroxyl groups excluding tert-OH is 1. The lowest BCUT2D eigenvalue weighted by molar-refractivity contribution is -0.136. The van der Waals surface area contributed by atoms with Crippen LogP contribution in [0.25, 0.3) is 0 Å². The molecule has 0 aliphatic heterocycles. The van der Waals surface area contributed by atoms with E-state index in [1.54, 1.807) is 0 Å². The number of nitrogens with zero attached hydrogens (tertiary/aromatic N) is 2. The summed E-state index contributed by atoms with van der Waals surface area (Å²) in [5, 5.41) is 33.5. The Hall–Kier alpha value is -8.45. The molecule has 0 saturated heterocycles. The maximum atomic E-state index is 14.9. The van der Waals surface area contributed by atoms with Gasteiger partial charge in [-0.3, -0.25) is 72.3 Å². The number of hydrogen-bond acceptors (Lipinski definition) is 19. The lowest BCUT2D eigenvalue weighted by Crippen LogP contribution is -2.49. The predicted octanol–water partition coefficient (Wildman–Crippen LogP) is -1.28. The highest BCUT2D eigenvalue weighted by Crippen LogP contribution is 2.25. The molecule has 25 N–H and O–H groups in total. The number of aliphatic imine (C=N–C) groups is 2. The van der Waals surface area contributed by atoms with E-state index in [9.17, 15) is 72.5 Å². The molecule has 0 saturated carbocycles. The highest BCUT2D eigenvalue weighted by atomic mass is 16.3. The zero-order valence-electron chi connectivity index (χ0n) is 56.6. The summed E-state index contributed by atoms with van der Waals surface area (Å²) in [5.41, 5.74) is 50.5. The molecule has 1 rings (SSSR count). The van der Waals surface area contributed by atoms with Gasteiger partial charge in [-0.2, -0.15) is 0 Å². The van der Waals surface area contributed by atoms with E-state index in [0.29, 0.717) is 37.8 Å². The van der Waals surface area contributed by atoms with Gasteiger partial charge in [0.1, 0.15) is 5.75 Å².